The first-order chi connectivity index (χ1) is 5.72. The van der Waals surface area contributed by atoms with Crippen molar-refractivity contribution < 1.29 is 9.47 Å². The Bertz CT molecular complexity index is 171. The molecule has 3 heteroatoms. The van der Waals surface area contributed by atoms with Crippen LogP contribution in [-0.4, -0.2) is 16.5 Å². The fourth-order valence-electron chi connectivity index (χ4n) is 0.564. The van der Waals surface area contributed by atoms with Crippen molar-refractivity contribution in [2.24, 2.45) is 0 Å². The van der Waals surface area contributed by atoms with Crippen molar-refractivity contribution >= 4 is 10.2 Å². The summed E-state index contributed by atoms with van der Waals surface area (Å²) in [5, 5.41) is 0.978. The van der Waals surface area contributed by atoms with Crippen LogP contribution in [0.3, 0.4) is 0 Å². The van der Waals surface area contributed by atoms with Crippen LogP contribution in [0.15, 0.2) is 36.5 Å². The van der Waals surface area contributed by atoms with Crippen LogP contribution < -0.4 is 0 Å². The SMILES string of the molecule is C=C([SiH3])C(OC=CC)OC=CC. The predicted octanol–water partition coefficient (Wildman–Crippen LogP) is 1.29. The van der Waals surface area contributed by atoms with E-state index in [0.717, 1.165) is 15.4 Å². The van der Waals surface area contributed by atoms with E-state index in [1.54, 1.807) is 12.5 Å². The Kier molecular flexibility index (Phi) is 6.19. The highest BCUT2D eigenvalue weighted by Crippen LogP contribution is 2.04. The zero-order valence-corrected chi connectivity index (χ0v) is 9.91. The van der Waals surface area contributed by atoms with E-state index >= 15 is 0 Å². The summed E-state index contributed by atoms with van der Waals surface area (Å²) in [4.78, 5) is 0. The molecule has 0 aromatic carbocycles. The summed E-state index contributed by atoms with van der Waals surface area (Å²) < 4.78 is 10.5. The highest BCUT2D eigenvalue weighted by molar-refractivity contribution is 6.21. The lowest BCUT2D eigenvalue weighted by Gasteiger charge is -2.15. The topological polar surface area (TPSA) is 18.5 Å². The van der Waals surface area contributed by atoms with Crippen molar-refractivity contribution in [2.45, 2.75) is 20.1 Å². The first-order valence-corrected chi connectivity index (χ1v) is 4.91. The molecule has 0 aliphatic carbocycles. The van der Waals surface area contributed by atoms with Crippen molar-refractivity contribution in [3.8, 4) is 0 Å². The molecule has 0 aliphatic heterocycles. The van der Waals surface area contributed by atoms with Crippen molar-refractivity contribution in [3.05, 3.63) is 36.5 Å². The molecule has 0 aliphatic rings. The summed E-state index contributed by atoms with van der Waals surface area (Å²) in [6, 6.07) is 0. The lowest BCUT2D eigenvalue weighted by Crippen LogP contribution is -2.14. The van der Waals surface area contributed by atoms with E-state index in [9.17, 15) is 0 Å². The third-order valence-electron chi connectivity index (χ3n) is 1.08. The lowest BCUT2D eigenvalue weighted by molar-refractivity contribution is -0.0266. The molecule has 0 amide bonds. The first kappa shape index (κ1) is 11.0. The summed E-state index contributed by atoms with van der Waals surface area (Å²) in [5.74, 6) is 0. The summed E-state index contributed by atoms with van der Waals surface area (Å²) in [6.45, 7) is 7.59. The van der Waals surface area contributed by atoms with E-state index in [0.29, 0.717) is 0 Å². The van der Waals surface area contributed by atoms with Crippen LogP contribution in [0.1, 0.15) is 13.8 Å². The van der Waals surface area contributed by atoms with Gasteiger partial charge in [0.25, 0.3) is 6.29 Å². The van der Waals surface area contributed by atoms with Gasteiger partial charge in [-0.1, -0.05) is 18.7 Å². The van der Waals surface area contributed by atoms with E-state index in [1.807, 2.05) is 26.0 Å². The molecular formula is C9H16O2Si. The fourth-order valence-corrected chi connectivity index (χ4v) is 0.836. The zero-order valence-electron chi connectivity index (χ0n) is 7.91. The van der Waals surface area contributed by atoms with Crippen LogP contribution in [0.4, 0.5) is 0 Å². The Morgan fingerprint density at radius 3 is 1.92 bits per heavy atom. The molecule has 0 saturated carbocycles. The van der Waals surface area contributed by atoms with Crippen molar-refractivity contribution in [1.82, 2.24) is 0 Å². The molecule has 0 unspecified atom stereocenters. The van der Waals surface area contributed by atoms with Gasteiger partial charge in [0.05, 0.1) is 12.5 Å². The second-order valence-electron chi connectivity index (χ2n) is 2.39. The molecule has 0 aromatic rings. The number of hydrogen-bond donors (Lipinski definition) is 0. The van der Waals surface area contributed by atoms with Crippen LogP contribution in [0.25, 0.3) is 0 Å². The number of allylic oxidation sites excluding steroid dienone is 2. The van der Waals surface area contributed by atoms with Crippen molar-refractivity contribution in [2.75, 3.05) is 0 Å². The maximum Gasteiger partial charge on any atom is 0.257 e. The smallest absolute Gasteiger partial charge is 0.257 e. The van der Waals surface area contributed by atoms with Gasteiger partial charge in [-0.15, -0.1) is 0 Å². The van der Waals surface area contributed by atoms with Gasteiger partial charge in [0, 0.05) is 10.2 Å². The van der Waals surface area contributed by atoms with Gasteiger partial charge in [-0.25, -0.2) is 0 Å². The van der Waals surface area contributed by atoms with Gasteiger partial charge in [-0.2, -0.15) is 0 Å². The summed E-state index contributed by atoms with van der Waals surface area (Å²) in [5.41, 5.74) is 0. The molecule has 68 valence electrons. The number of ether oxygens (including phenoxy) is 2. The second kappa shape index (κ2) is 6.73. The minimum atomic E-state index is -0.316. The zero-order chi connectivity index (χ0) is 9.40. The second-order valence-corrected chi connectivity index (χ2v) is 3.67. The van der Waals surface area contributed by atoms with Crippen LogP contribution in [-0.2, 0) is 9.47 Å². The molecule has 0 aromatic heterocycles. The molecular weight excluding hydrogens is 168 g/mol. The molecule has 2 nitrogen and oxygen atoms in total. The molecule has 0 bridgehead atoms. The molecule has 0 atom stereocenters. The van der Waals surface area contributed by atoms with E-state index in [2.05, 4.69) is 6.58 Å². The van der Waals surface area contributed by atoms with Crippen molar-refractivity contribution in [3.63, 3.8) is 0 Å². The Hall–Kier alpha value is -0.963. The third kappa shape index (κ3) is 4.79. The maximum atomic E-state index is 5.24. The molecule has 12 heavy (non-hydrogen) atoms. The quantitative estimate of drug-likeness (QED) is 0.364. The van der Waals surface area contributed by atoms with Crippen LogP contribution >= 0.6 is 0 Å². The average Bonchev–Trinajstić information content (AvgIpc) is 2.04. The van der Waals surface area contributed by atoms with E-state index in [-0.39, 0.29) is 6.29 Å². The molecule has 0 N–H and O–H groups in total. The monoisotopic (exact) mass is 184 g/mol. The Morgan fingerprint density at radius 2 is 1.67 bits per heavy atom. The summed E-state index contributed by atoms with van der Waals surface area (Å²) >= 11 is 0. The highest BCUT2D eigenvalue weighted by atomic mass is 28.1. The maximum absolute atomic E-state index is 5.24. The predicted molar refractivity (Wildman–Crippen MR) is 54.7 cm³/mol. The van der Waals surface area contributed by atoms with Gasteiger partial charge >= 0.3 is 0 Å². The van der Waals surface area contributed by atoms with E-state index < -0.39 is 0 Å². The molecule has 0 spiro atoms. The van der Waals surface area contributed by atoms with Crippen LogP contribution in [0, 0.1) is 0 Å². The molecule has 0 heterocycles. The number of rotatable bonds is 5. The number of hydrogen-bond acceptors (Lipinski definition) is 2. The van der Waals surface area contributed by atoms with Crippen molar-refractivity contribution in [1.29, 1.82) is 0 Å². The van der Waals surface area contributed by atoms with E-state index in [1.165, 1.54) is 0 Å². The van der Waals surface area contributed by atoms with Crippen LogP contribution in [0.5, 0.6) is 0 Å². The van der Waals surface area contributed by atoms with Gasteiger partial charge in [0.1, 0.15) is 0 Å². The Balaban J connectivity index is 3.95. The first-order valence-electron chi connectivity index (χ1n) is 3.91. The minimum absolute atomic E-state index is 0.316. The summed E-state index contributed by atoms with van der Waals surface area (Å²) in [6.07, 6.45) is 6.53. The molecule has 0 fully saturated rings. The highest BCUT2D eigenvalue weighted by Gasteiger charge is 2.06. The Labute approximate surface area is 77.0 Å². The van der Waals surface area contributed by atoms with E-state index in [4.69, 9.17) is 9.47 Å². The normalized spacial score (nSPS) is 13.8. The van der Waals surface area contributed by atoms with Gasteiger partial charge in [-0.3, -0.25) is 0 Å². The minimum Gasteiger partial charge on any atom is -0.459 e. The third-order valence-corrected chi connectivity index (χ3v) is 1.55. The van der Waals surface area contributed by atoms with Gasteiger partial charge in [0.2, 0.25) is 0 Å². The molecule has 0 radical (unpaired) electrons. The van der Waals surface area contributed by atoms with Gasteiger partial charge < -0.3 is 9.47 Å². The fraction of sp³-hybridized carbons (Fsp3) is 0.333. The van der Waals surface area contributed by atoms with Gasteiger partial charge in [0.15, 0.2) is 0 Å². The molecule has 0 saturated heterocycles. The van der Waals surface area contributed by atoms with Gasteiger partial charge in [-0.05, 0) is 19.0 Å². The average molecular weight is 184 g/mol. The lowest BCUT2D eigenvalue weighted by atomic mass is 10.6. The molecule has 0 rings (SSSR count). The largest absolute Gasteiger partial charge is 0.459 e. The van der Waals surface area contributed by atoms with Crippen LogP contribution in [0.2, 0.25) is 0 Å². The Morgan fingerprint density at radius 1 is 1.25 bits per heavy atom. The standard InChI is InChI=1S/C9H16O2Si/c1-4-6-10-9(8(3)12)11-7-5-2/h4-7,9H,3H2,1-2,12H3. The summed E-state index contributed by atoms with van der Waals surface area (Å²) in [7, 11) is 0.873.